The van der Waals surface area contributed by atoms with E-state index in [4.69, 9.17) is 0 Å². The van der Waals surface area contributed by atoms with Gasteiger partial charge in [-0.1, -0.05) is 34.1 Å². The van der Waals surface area contributed by atoms with Crippen LogP contribution in [0.2, 0.25) is 0 Å². The highest BCUT2D eigenvalue weighted by Gasteiger charge is 2.09. The molecule has 1 N–H and O–H groups in total. The molecule has 0 aliphatic heterocycles. The van der Waals surface area contributed by atoms with E-state index in [1.807, 2.05) is 24.7 Å². The maximum Gasteiger partial charge on any atom is 0.0802 e. The van der Waals surface area contributed by atoms with Crippen molar-refractivity contribution in [3.63, 3.8) is 0 Å². The monoisotopic (exact) mass is 282 g/mol. The van der Waals surface area contributed by atoms with E-state index < -0.39 is 0 Å². The van der Waals surface area contributed by atoms with Crippen LogP contribution < -0.4 is 5.32 Å². The maximum absolute atomic E-state index is 4.36. The third-order valence-corrected chi connectivity index (χ3v) is 3.70. The highest BCUT2D eigenvalue weighted by Crippen LogP contribution is 2.33. The minimum absolute atomic E-state index is 0.806. The zero-order valence-corrected chi connectivity index (χ0v) is 10.7. The fourth-order valence-corrected chi connectivity index (χ4v) is 2.89. The van der Waals surface area contributed by atoms with Crippen LogP contribution in [0.15, 0.2) is 34.2 Å². The lowest BCUT2D eigenvalue weighted by Gasteiger charge is -2.04. The number of hydrogen-bond donors (Lipinski definition) is 1. The summed E-state index contributed by atoms with van der Waals surface area (Å²) in [5.41, 5.74) is 4.21. The standard InChI is InChI=1S/C11H11BrN2S/c1-13-6-10-11(15-7-14-10)8-4-2-3-5-9(8)12/h2-5,7,13H,6H2,1H3. The first-order valence-electron chi connectivity index (χ1n) is 4.65. The smallest absolute Gasteiger partial charge is 0.0802 e. The SMILES string of the molecule is CNCc1ncsc1-c1ccccc1Br. The second-order valence-corrected chi connectivity index (χ2v) is 4.85. The molecule has 0 aliphatic rings. The Hall–Kier alpha value is -0.710. The van der Waals surface area contributed by atoms with E-state index in [1.165, 1.54) is 10.4 Å². The predicted molar refractivity (Wildman–Crippen MR) is 68.0 cm³/mol. The molecule has 1 heterocycles. The summed E-state index contributed by atoms with van der Waals surface area (Å²) in [5.74, 6) is 0. The van der Waals surface area contributed by atoms with Gasteiger partial charge in [0.15, 0.2) is 0 Å². The summed E-state index contributed by atoms with van der Waals surface area (Å²) in [6.07, 6.45) is 0. The summed E-state index contributed by atoms with van der Waals surface area (Å²) < 4.78 is 1.12. The van der Waals surface area contributed by atoms with Gasteiger partial charge >= 0.3 is 0 Å². The van der Waals surface area contributed by atoms with Crippen molar-refractivity contribution < 1.29 is 0 Å². The van der Waals surface area contributed by atoms with Crippen LogP contribution in [0, 0.1) is 0 Å². The van der Waals surface area contributed by atoms with Crippen molar-refractivity contribution in [2.45, 2.75) is 6.54 Å². The summed E-state index contributed by atoms with van der Waals surface area (Å²) in [5, 5.41) is 3.13. The Bertz CT molecular complexity index is 453. The van der Waals surface area contributed by atoms with Crippen molar-refractivity contribution in [3.8, 4) is 10.4 Å². The number of nitrogens with zero attached hydrogens (tertiary/aromatic N) is 1. The lowest BCUT2D eigenvalue weighted by atomic mass is 10.1. The van der Waals surface area contributed by atoms with E-state index in [2.05, 4.69) is 38.4 Å². The van der Waals surface area contributed by atoms with Crippen molar-refractivity contribution in [3.05, 3.63) is 39.9 Å². The van der Waals surface area contributed by atoms with Gasteiger partial charge in [0.05, 0.1) is 16.1 Å². The lowest BCUT2D eigenvalue weighted by molar-refractivity contribution is 0.799. The molecule has 0 fully saturated rings. The molecule has 1 aromatic carbocycles. The van der Waals surface area contributed by atoms with Crippen LogP contribution in [-0.4, -0.2) is 12.0 Å². The number of aromatic nitrogens is 1. The first-order valence-corrected chi connectivity index (χ1v) is 6.32. The number of thiazole rings is 1. The zero-order valence-electron chi connectivity index (χ0n) is 8.33. The van der Waals surface area contributed by atoms with Crippen LogP contribution in [0.1, 0.15) is 5.69 Å². The topological polar surface area (TPSA) is 24.9 Å². The molecule has 1 aromatic heterocycles. The fraction of sp³-hybridized carbons (Fsp3) is 0.182. The molecular weight excluding hydrogens is 272 g/mol. The molecule has 4 heteroatoms. The van der Waals surface area contributed by atoms with Crippen molar-refractivity contribution >= 4 is 27.3 Å². The molecule has 0 unspecified atom stereocenters. The molecule has 15 heavy (non-hydrogen) atoms. The van der Waals surface area contributed by atoms with Gasteiger partial charge in [0.2, 0.25) is 0 Å². The molecule has 0 saturated heterocycles. The van der Waals surface area contributed by atoms with Gasteiger partial charge in [-0.2, -0.15) is 0 Å². The van der Waals surface area contributed by atoms with Gasteiger partial charge in [0.25, 0.3) is 0 Å². The molecule has 0 aliphatic carbocycles. The van der Waals surface area contributed by atoms with Crippen LogP contribution in [0.5, 0.6) is 0 Å². The van der Waals surface area contributed by atoms with E-state index in [9.17, 15) is 0 Å². The second kappa shape index (κ2) is 4.88. The zero-order chi connectivity index (χ0) is 10.7. The minimum atomic E-state index is 0.806. The van der Waals surface area contributed by atoms with Crippen molar-refractivity contribution in [1.29, 1.82) is 0 Å². The molecule has 2 nitrogen and oxygen atoms in total. The highest BCUT2D eigenvalue weighted by molar-refractivity contribution is 9.10. The highest BCUT2D eigenvalue weighted by atomic mass is 79.9. The molecule has 0 atom stereocenters. The summed E-state index contributed by atoms with van der Waals surface area (Å²) in [6.45, 7) is 0.806. The van der Waals surface area contributed by atoms with Crippen molar-refractivity contribution in [1.82, 2.24) is 10.3 Å². The molecule has 0 radical (unpaired) electrons. The van der Waals surface area contributed by atoms with E-state index in [-0.39, 0.29) is 0 Å². The predicted octanol–water partition coefficient (Wildman–Crippen LogP) is 3.29. The van der Waals surface area contributed by atoms with E-state index in [1.54, 1.807) is 11.3 Å². The molecule has 0 bridgehead atoms. The number of benzene rings is 1. The van der Waals surface area contributed by atoms with E-state index >= 15 is 0 Å². The third-order valence-electron chi connectivity index (χ3n) is 2.10. The summed E-state index contributed by atoms with van der Waals surface area (Å²) in [6, 6.07) is 8.23. The molecular formula is C11H11BrN2S. The Balaban J connectivity index is 2.45. The third kappa shape index (κ3) is 2.27. The quantitative estimate of drug-likeness (QED) is 0.935. The van der Waals surface area contributed by atoms with Crippen LogP contribution >= 0.6 is 27.3 Å². The second-order valence-electron chi connectivity index (χ2n) is 3.14. The van der Waals surface area contributed by atoms with Crippen LogP contribution in [0.4, 0.5) is 0 Å². The van der Waals surface area contributed by atoms with Gasteiger partial charge in [-0.25, -0.2) is 4.98 Å². The molecule has 0 amide bonds. The molecule has 2 rings (SSSR count). The average Bonchev–Trinajstić information content (AvgIpc) is 2.67. The van der Waals surface area contributed by atoms with Crippen molar-refractivity contribution in [2.75, 3.05) is 7.05 Å². The molecule has 78 valence electrons. The Morgan fingerprint density at radius 1 is 1.40 bits per heavy atom. The van der Waals surface area contributed by atoms with Gasteiger partial charge < -0.3 is 5.32 Å². The van der Waals surface area contributed by atoms with Crippen LogP contribution in [0.25, 0.3) is 10.4 Å². The number of hydrogen-bond acceptors (Lipinski definition) is 3. The maximum atomic E-state index is 4.36. The Labute approximate surface area is 101 Å². The van der Waals surface area contributed by atoms with Crippen molar-refractivity contribution in [2.24, 2.45) is 0 Å². The molecule has 0 saturated carbocycles. The summed E-state index contributed by atoms with van der Waals surface area (Å²) in [7, 11) is 1.93. The Kier molecular flexibility index (Phi) is 3.51. The number of rotatable bonds is 3. The normalized spacial score (nSPS) is 10.5. The number of halogens is 1. The summed E-state index contributed by atoms with van der Waals surface area (Å²) in [4.78, 5) is 5.59. The van der Waals surface area contributed by atoms with Gasteiger partial charge in [-0.15, -0.1) is 11.3 Å². The average molecular weight is 283 g/mol. The molecule has 2 aromatic rings. The minimum Gasteiger partial charge on any atom is -0.314 e. The fourth-order valence-electron chi connectivity index (χ4n) is 1.43. The van der Waals surface area contributed by atoms with Crippen LogP contribution in [0.3, 0.4) is 0 Å². The largest absolute Gasteiger partial charge is 0.314 e. The lowest BCUT2D eigenvalue weighted by Crippen LogP contribution is -2.06. The molecule has 0 spiro atoms. The summed E-state index contributed by atoms with van der Waals surface area (Å²) >= 11 is 5.24. The number of nitrogens with one attached hydrogen (secondary N) is 1. The van der Waals surface area contributed by atoms with E-state index in [0.717, 1.165) is 16.7 Å². The Morgan fingerprint density at radius 3 is 2.93 bits per heavy atom. The van der Waals surface area contributed by atoms with E-state index in [0.29, 0.717) is 0 Å². The van der Waals surface area contributed by atoms with Gasteiger partial charge in [-0.3, -0.25) is 0 Å². The van der Waals surface area contributed by atoms with Gasteiger partial charge in [0.1, 0.15) is 0 Å². The van der Waals surface area contributed by atoms with Crippen LogP contribution in [-0.2, 0) is 6.54 Å². The van der Waals surface area contributed by atoms with Gasteiger partial charge in [0, 0.05) is 16.6 Å². The Morgan fingerprint density at radius 2 is 2.20 bits per heavy atom. The first-order chi connectivity index (χ1) is 7.33. The van der Waals surface area contributed by atoms with Gasteiger partial charge in [-0.05, 0) is 13.1 Å². The first kappa shape index (κ1) is 10.8.